The number of likely N-dealkylation sites (N-methyl/N-ethyl adjacent to an activating group) is 1. The van der Waals surface area contributed by atoms with E-state index in [0.717, 1.165) is 0 Å². The summed E-state index contributed by atoms with van der Waals surface area (Å²) in [6.45, 7) is 0.809. The van der Waals surface area contributed by atoms with E-state index in [1.54, 1.807) is 32.4 Å². The van der Waals surface area contributed by atoms with Gasteiger partial charge in [0.1, 0.15) is 6.61 Å². The largest absolute Gasteiger partial charge is 0.397 e. The van der Waals surface area contributed by atoms with E-state index in [-0.39, 0.29) is 12.5 Å². The highest BCUT2D eigenvalue weighted by molar-refractivity contribution is 6.31. The average molecular weight is 273 g/mol. The van der Waals surface area contributed by atoms with Gasteiger partial charge in [-0.15, -0.1) is 0 Å². The molecular formula is C12H17ClN2O3. The molecule has 2 N–H and O–H groups in total. The Morgan fingerprint density at radius 2 is 2.17 bits per heavy atom. The summed E-state index contributed by atoms with van der Waals surface area (Å²) in [7, 11) is 3.20. The van der Waals surface area contributed by atoms with Crippen LogP contribution in [0.2, 0.25) is 5.02 Å². The lowest BCUT2D eigenvalue weighted by atomic mass is 10.2. The van der Waals surface area contributed by atoms with Crippen molar-refractivity contribution in [1.82, 2.24) is 0 Å². The van der Waals surface area contributed by atoms with Gasteiger partial charge in [0, 0.05) is 19.2 Å². The third-order valence-corrected chi connectivity index (χ3v) is 2.62. The molecule has 0 spiro atoms. The molecule has 0 aromatic heterocycles. The minimum Gasteiger partial charge on any atom is -0.397 e. The molecule has 1 amide bonds. The number of anilines is 2. The number of benzene rings is 1. The maximum atomic E-state index is 11.8. The van der Waals surface area contributed by atoms with Gasteiger partial charge in [0.05, 0.1) is 24.6 Å². The van der Waals surface area contributed by atoms with Crippen molar-refractivity contribution in [1.29, 1.82) is 0 Å². The van der Waals surface area contributed by atoms with Crippen molar-refractivity contribution >= 4 is 28.9 Å². The molecule has 0 aliphatic heterocycles. The van der Waals surface area contributed by atoms with E-state index in [2.05, 4.69) is 0 Å². The topological polar surface area (TPSA) is 64.8 Å². The standard InChI is InChI=1S/C12H17ClN2O3/c1-15(12(16)8-18-6-5-17-2)11-7-9(13)3-4-10(11)14/h3-4,7H,5-6,8,14H2,1-2H3. The van der Waals surface area contributed by atoms with Crippen LogP contribution in [0.3, 0.4) is 0 Å². The van der Waals surface area contributed by atoms with Crippen molar-refractivity contribution < 1.29 is 14.3 Å². The van der Waals surface area contributed by atoms with Gasteiger partial charge in [-0.25, -0.2) is 0 Å². The lowest BCUT2D eigenvalue weighted by Gasteiger charge is -2.19. The van der Waals surface area contributed by atoms with Crippen molar-refractivity contribution in [2.75, 3.05) is 44.6 Å². The number of ether oxygens (including phenoxy) is 2. The van der Waals surface area contributed by atoms with Crippen LogP contribution in [0.15, 0.2) is 18.2 Å². The minimum absolute atomic E-state index is 0.0220. The smallest absolute Gasteiger partial charge is 0.252 e. The average Bonchev–Trinajstić information content (AvgIpc) is 2.36. The summed E-state index contributed by atoms with van der Waals surface area (Å²) in [4.78, 5) is 13.3. The van der Waals surface area contributed by atoms with Crippen molar-refractivity contribution in [3.63, 3.8) is 0 Å². The van der Waals surface area contributed by atoms with Gasteiger partial charge in [-0.1, -0.05) is 11.6 Å². The number of carbonyl (C=O) groups excluding carboxylic acids is 1. The summed E-state index contributed by atoms with van der Waals surface area (Å²) < 4.78 is 9.97. The minimum atomic E-state index is -0.194. The van der Waals surface area contributed by atoms with E-state index >= 15 is 0 Å². The Morgan fingerprint density at radius 1 is 1.44 bits per heavy atom. The number of halogens is 1. The first-order valence-electron chi connectivity index (χ1n) is 5.44. The molecule has 5 nitrogen and oxygen atoms in total. The van der Waals surface area contributed by atoms with Gasteiger partial charge in [-0.2, -0.15) is 0 Å². The third kappa shape index (κ3) is 4.18. The molecule has 6 heteroatoms. The first-order valence-corrected chi connectivity index (χ1v) is 5.82. The summed E-state index contributed by atoms with van der Waals surface area (Å²) in [6, 6.07) is 4.98. The molecule has 0 atom stereocenters. The molecule has 0 unspecified atom stereocenters. The maximum Gasteiger partial charge on any atom is 0.252 e. The van der Waals surface area contributed by atoms with Crippen LogP contribution < -0.4 is 10.6 Å². The van der Waals surface area contributed by atoms with E-state index < -0.39 is 0 Å². The summed E-state index contributed by atoms with van der Waals surface area (Å²) >= 11 is 5.87. The van der Waals surface area contributed by atoms with Crippen molar-refractivity contribution in [2.45, 2.75) is 0 Å². The zero-order chi connectivity index (χ0) is 13.5. The zero-order valence-electron chi connectivity index (χ0n) is 10.5. The molecule has 0 saturated heterocycles. The van der Waals surface area contributed by atoms with Gasteiger partial charge in [0.2, 0.25) is 0 Å². The van der Waals surface area contributed by atoms with E-state index in [1.807, 2.05) is 0 Å². The Hall–Kier alpha value is -1.30. The fraction of sp³-hybridized carbons (Fsp3) is 0.417. The number of nitrogen functional groups attached to an aromatic ring is 1. The van der Waals surface area contributed by atoms with Gasteiger partial charge >= 0.3 is 0 Å². The second-order valence-corrected chi connectivity index (χ2v) is 4.14. The fourth-order valence-corrected chi connectivity index (χ4v) is 1.51. The predicted molar refractivity (Wildman–Crippen MR) is 72.0 cm³/mol. The van der Waals surface area contributed by atoms with Crippen molar-refractivity contribution in [2.24, 2.45) is 0 Å². The number of hydrogen-bond donors (Lipinski definition) is 1. The molecule has 0 bridgehead atoms. The van der Waals surface area contributed by atoms with Crippen LogP contribution in [0.5, 0.6) is 0 Å². The van der Waals surface area contributed by atoms with Crippen molar-refractivity contribution in [3.05, 3.63) is 23.2 Å². The molecule has 100 valence electrons. The molecule has 0 aliphatic rings. The molecule has 0 fully saturated rings. The molecule has 0 saturated carbocycles. The van der Waals surface area contributed by atoms with E-state index in [4.69, 9.17) is 26.8 Å². The number of nitrogens with zero attached hydrogens (tertiary/aromatic N) is 1. The van der Waals surface area contributed by atoms with Crippen LogP contribution in [0.1, 0.15) is 0 Å². The number of amides is 1. The van der Waals surface area contributed by atoms with E-state index in [9.17, 15) is 4.79 Å². The van der Waals surface area contributed by atoms with Crippen molar-refractivity contribution in [3.8, 4) is 0 Å². The predicted octanol–water partition coefficient (Wildman–Crippen LogP) is 1.55. The van der Waals surface area contributed by atoms with Crippen LogP contribution in [0.25, 0.3) is 0 Å². The summed E-state index contributed by atoms with van der Waals surface area (Å²) in [5, 5.41) is 0.527. The van der Waals surface area contributed by atoms with Gasteiger partial charge in [0.15, 0.2) is 0 Å². The lowest BCUT2D eigenvalue weighted by Crippen LogP contribution is -2.31. The van der Waals surface area contributed by atoms with Gasteiger partial charge in [-0.3, -0.25) is 4.79 Å². The number of carbonyl (C=O) groups is 1. The number of rotatable bonds is 6. The Balaban J connectivity index is 2.60. The Bertz CT molecular complexity index is 412. The molecule has 0 aliphatic carbocycles. The third-order valence-electron chi connectivity index (χ3n) is 2.39. The highest BCUT2D eigenvalue weighted by atomic mass is 35.5. The lowest BCUT2D eigenvalue weighted by molar-refractivity contribution is -0.123. The highest BCUT2D eigenvalue weighted by Gasteiger charge is 2.13. The van der Waals surface area contributed by atoms with E-state index in [0.29, 0.717) is 29.6 Å². The molecule has 18 heavy (non-hydrogen) atoms. The number of nitrogens with two attached hydrogens (primary N) is 1. The van der Waals surface area contributed by atoms with Crippen LogP contribution in [0.4, 0.5) is 11.4 Å². The normalized spacial score (nSPS) is 10.4. The quantitative estimate of drug-likeness (QED) is 0.630. The monoisotopic (exact) mass is 272 g/mol. The molecule has 0 radical (unpaired) electrons. The summed E-state index contributed by atoms with van der Waals surface area (Å²) in [5.74, 6) is -0.194. The Labute approximate surface area is 111 Å². The van der Waals surface area contributed by atoms with Gasteiger partial charge < -0.3 is 20.1 Å². The summed E-state index contributed by atoms with van der Waals surface area (Å²) in [6.07, 6.45) is 0. The van der Waals surface area contributed by atoms with Crippen LogP contribution in [0, 0.1) is 0 Å². The zero-order valence-corrected chi connectivity index (χ0v) is 11.2. The molecule has 1 aromatic carbocycles. The maximum absolute atomic E-state index is 11.8. The summed E-state index contributed by atoms with van der Waals surface area (Å²) in [5.41, 5.74) is 6.86. The fourth-order valence-electron chi connectivity index (χ4n) is 1.34. The second-order valence-electron chi connectivity index (χ2n) is 3.70. The molecule has 1 rings (SSSR count). The Kier molecular flexibility index (Phi) is 5.91. The van der Waals surface area contributed by atoms with Crippen LogP contribution >= 0.6 is 11.6 Å². The highest BCUT2D eigenvalue weighted by Crippen LogP contribution is 2.26. The molecule has 1 aromatic rings. The first kappa shape index (κ1) is 14.8. The number of hydrogen-bond acceptors (Lipinski definition) is 4. The number of methoxy groups -OCH3 is 1. The first-order chi connectivity index (χ1) is 8.56. The molecule has 0 heterocycles. The van der Waals surface area contributed by atoms with Crippen LogP contribution in [-0.4, -0.2) is 39.9 Å². The second kappa shape index (κ2) is 7.20. The van der Waals surface area contributed by atoms with Crippen LogP contribution in [-0.2, 0) is 14.3 Å². The SMILES string of the molecule is COCCOCC(=O)N(C)c1cc(Cl)ccc1N. The van der Waals surface area contributed by atoms with Gasteiger partial charge in [0.25, 0.3) is 5.91 Å². The Morgan fingerprint density at radius 3 is 2.83 bits per heavy atom. The van der Waals surface area contributed by atoms with Gasteiger partial charge in [-0.05, 0) is 18.2 Å². The molecular weight excluding hydrogens is 256 g/mol. The van der Waals surface area contributed by atoms with E-state index in [1.165, 1.54) is 4.90 Å².